The van der Waals surface area contributed by atoms with Crippen LogP contribution in [0, 0.1) is 5.92 Å². The maximum Gasteiger partial charge on any atom is 0.573 e. The molecule has 0 heterocycles. The van der Waals surface area contributed by atoms with Gasteiger partial charge in [0.1, 0.15) is 5.75 Å². The molecule has 21 heavy (non-hydrogen) atoms. The molecule has 1 aromatic rings. The van der Waals surface area contributed by atoms with Crippen LogP contribution >= 0.6 is 0 Å². The summed E-state index contributed by atoms with van der Waals surface area (Å²) in [6.45, 7) is 0. The van der Waals surface area contributed by atoms with Crippen molar-refractivity contribution in [1.29, 1.82) is 0 Å². The van der Waals surface area contributed by atoms with Crippen LogP contribution < -0.4 is 10.1 Å². The summed E-state index contributed by atoms with van der Waals surface area (Å²) >= 11 is 0. The zero-order valence-corrected chi connectivity index (χ0v) is 12.2. The van der Waals surface area contributed by atoms with Gasteiger partial charge in [0.2, 0.25) is 0 Å². The number of rotatable bonds is 6. The SMILES string of the molecule is CNC(CCC1CCCC1)c1ccccc1OC(F)(F)F. The second-order valence-corrected chi connectivity index (χ2v) is 5.65. The predicted molar refractivity (Wildman–Crippen MR) is 76.1 cm³/mol. The summed E-state index contributed by atoms with van der Waals surface area (Å²) < 4.78 is 41.6. The lowest BCUT2D eigenvalue weighted by molar-refractivity contribution is -0.275. The number of hydrogen-bond acceptors (Lipinski definition) is 2. The Morgan fingerprint density at radius 2 is 1.90 bits per heavy atom. The van der Waals surface area contributed by atoms with Gasteiger partial charge < -0.3 is 10.1 Å². The van der Waals surface area contributed by atoms with E-state index >= 15 is 0 Å². The second-order valence-electron chi connectivity index (χ2n) is 5.65. The van der Waals surface area contributed by atoms with Gasteiger partial charge in [-0.3, -0.25) is 0 Å². The highest BCUT2D eigenvalue weighted by Crippen LogP contribution is 2.35. The lowest BCUT2D eigenvalue weighted by Crippen LogP contribution is -2.22. The largest absolute Gasteiger partial charge is 0.573 e. The van der Waals surface area contributed by atoms with Gasteiger partial charge in [-0.1, -0.05) is 43.9 Å². The van der Waals surface area contributed by atoms with Crippen molar-refractivity contribution in [2.24, 2.45) is 5.92 Å². The fourth-order valence-corrected chi connectivity index (χ4v) is 3.14. The molecule has 2 nitrogen and oxygen atoms in total. The van der Waals surface area contributed by atoms with Gasteiger partial charge in [-0.2, -0.15) is 0 Å². The van der Waals surface area contributed by atoms with Crippen LogP contribution in [-0.4, -0.2) is 13.4 Å². The van der Waals surface area contributed by atoms with Crippen molar-refractivity contribution in [3.05, 3.63) is 29.8 Å². The number of para-hydroxylation sites is 1. The van der Waals surface area contributed by atoms with Gasteiger partial charge in [0.25, 0.3) is 0 Å². The maximum atomic E-state index is 12.5. The maximum absolute atomic E-state index is 12.5. The van der Waals surface area contributed by atoms with E-state index in [-0.39, 0.29) is 11.8 Å². The Bertz CT molecular complexity index is 441. The standard InChI is InChI=1S/C16H22F3NO/c1-20-14(11-10-12-6-2-3-7-12)13-8-4-5-9-15(13)21-16(17,18)19/h4-5,8-9,12,14,20H,2-3,6-7,10-11H2,1H3. The van der Waals surface area contributed by atoms with Gasteiger partial charge in [-0.15, -0.1) is 13.2 Å². The molecular formula is C16H22F3NO. The Morgan fingerprint density at radius 1 is 1.24 bits per heavy atom. The Labute approximate surface area is 123 Å². The molecule has 0 aliphatic heterocycles. The van der Waals surface area contributed by atoms with Crippen LogP contribution in [0.4, 0.5) is 13.2 Å². The first kappa shape index (κ1) is 16.1. The van der Waals surface area contributed by atoms with Crippen LogP contribution in [0.3, 0.4) is 0 Å². The Hall–Kier alpha value is -1.23. The third-order valence-corrected chi connectivity index (χ3v) is 4.21. The summed E-state index contributed by atoms with van der Waals surface area (Å²) in [6.07, 6.45) is 2.28. The smallest absolute Gasteiger partial charge is 0.405 e. The number of ether oxygens (including phenoxy) is 1. The zero-order chi connectivity index (χ0) is 15.3. The minimum absolute atomic E-state index is 0.101. The number of nitrogens with one attached hydrogen (secondary N) is 1. The molecule has 2 rings (SSSR count). The predicted octanol–water partition coefficient (Wildman–Crippen LogP) is 4.82. The number of hydrogen-bond donors (Lipinski definition) is 1. The lowest BCUT2D eigenvalue weighted by atomic mass is 9.94. The average Bonchev–Trinajstić information content (AvgIpc) is 2.92. The monoisotopic (exact) mass is 301 g/mol. The molecule has 1 fully saturated rings. The van der Waals surface area contributed by atoms with Crippen LogP contribution in [0.1, 0.15) is 50.1 Å². The zero-order valence-electron chi connectivity index (χ0n) is 12.2. The van der Waals surface area contributed by atoms with Crippen LogP contribution in [0.15, 0.2) is 24.3 Å². The topological polar surface area (TPSA) is 21.3 Å². The molecule has 0 spiro atoms. The Balaban J connectivity index is 2.05. The van der Waals surface area contributed by atoms with E-state index in [0.717, 1.165) is 18.8 Å². The van der Waals surface area contributed by atoms with Crippen molar-refractivity contribution in [1.82, 2.24) is 5.32 Å². The van der Waals surface area contributed by atoms with Gasteiger partial charge in [0, 0.05) is 11.6 Å². The lowest BCUT2D eigenvalue weighted by Gasteiger charge is -2.22. The Morgan fingerprint density at radius 3 is 2.52 bits per heavy atom. The van der Waals surface area contributed by atoms with Crippen molar-refractivity contribution in [2.75, 3.05) is 7.05 Å². The normalized spacial score (nSPS) is 17.9. The second kappa shape index (κ2) is 7.16. The Kier molecular flexibility index (Phi) is 5.51. The van der Waals surface area contributed by atoms with Crippen molar-refractivity contribution in [3.8, 4) is 5.75 Å². The summed E-state index contributed by atoms with van der Waals surface area (Å²) in [7, 11) is 1.78. The van der Waals surface area contributed by atoms with E-state index in [2.05, 4.69) is 10.1 Å². The van der Waals surface area contributed by atoms with Gasteiger partial charge in [-0.05, 0) is 31.9 Å². The molecule has 1 aliphatic carbocycles. The quantitative estimate of drug-likeness (QED) is 0.813. The van der Waals surface area contributed by atoms with Gasteiger partial charge in [0.05, 0.1) is 0 Å². The molecule has 0 saturated heterocycles. The fourth-order valence-electron chi connectivity index (χ4n) is 3.14. The molecule has 1 N–H and O–H groups in total. The third kappa shape index (κ3) is 4.92. The highest BCUT2D eigenvalue weighted by atomic mass is 19.4. The molecule has 1 aromatic carbocycles. The van der Waals surface area contributed by atoms with Crippen LogP contribution in [0.5, 0.6) is 5.75 Å². The molecule has 0 bridgehead atoms. The first-order chi connectivity index (χ1) is 9.99. The van der Waals surface area contributed by atoms with Gasteiger partial charge >= 0.3 is 6.36 Å². The van der Waals surface area contributed by atoms with Crippen LogP contribution in [0.2, 0.25) is 0 Å². The van der Waals surface area contributed by atoms with E-state index in [1.165, 1.54) is 31.7 Å². The van der Waals surface area contributed by atoms with E-state index in [9.17, 15) is 13.2 Å². The number of halogens is 3. The molecule has 0 radical (unpaired) electrons. The molecule has 0 aromatic heterocycles. The highest BCUT2D eigenvalue weighted by Gasteiger charge is 2.32. The molecule has 5 heteroatoms. The van der Waals surface area contributed by atoms with E-state index < -0.39 is 6.36 Å². The fraction of sp³-hybridized carbons (Fsp3) is 0.625. The molecular weight excluding hydrogens is 279 g/mol. The van der Waals surface area contributed by atoms with Crippen molar-refractivity contribution in [3.63, 3.8) is 0 Å². The summed E-state index contributed by atoms with van der Waals surface area (Å²) in [6, 6.07) is 6.29. The van der Waals surface area contributed by atoms with Crippen molar-refractivity contribution < 1.29 is 17.9 Å². The first-order valence-electron chi connectivity index (χ1n) is 7.51. The van der Waals surface area contributed by atoms with Gasteiger partial charge in [0.15, 0.2) is 0 Å². The van der Waals surface area contributed by atoms with Gasteiger partial charge in [-0.25, -0.2) is 0 Å². The van der Waals surface area contributed by atoms with Crippen molar-refractivity contribution in [2.45, 2.75) is 50.9 Å². The van der Waals surface area contributed by atoms with E-state index in [0.29, 0.717) is 5.56 Å². The third-order valence-electron chi connectivity index (χ3n) is 4.21. The average molecular weight is 301 g/mol. The minimum Gasteiger partial charge on any atom is -0.405 e. The molecule has 1 atom stereocenters. The minimum atomic E-state index is -4.65. The van der Waals surface area contributed by atoms with Crippen LogP contribution in [-0.2, 0) is 0 Å². The van der Waals surface area contributed by atoms with E-state index in [4.69, 9.17) is 0 Å². The number of benzene rings is 1. The van der Waals surface area contributed by atoms with Crippen LogP contribution in [0.25, 0.3) is 0 Å². The van der Waals surface area contributed by atoms with Crippen molar-refractivity contribution >= 4 is 0 Å². The highest BCUT2D eigenvalue weighted by molar-refractivity contribution is 5.36. The molecule has 1 saturated carbocycles. The van der Waals surface area contributed by atoms with E-state index in [1.54, 1.807) is 25.2 Å². The first-order valence-corrected chi connectivity index (χ1v) is 7.51. The summed E-state index contributed by atoms with van der Waals surface area (Å²) in [5.41, 5.74) is 0.579. The van der Waals surface area contributed by atoms with E-state index in [1.807, 2.05) is 0 Å². The molecule has 1 unspecified atom stereocenters. The summed E-state index contributed by atoms with van der Waals surface area (Å²) in [5, 5.41) is 3.12. The summed E-state index contributed by atoms with van der Waals surface area (Å²) in [5.74, 6) is 0.618. The summed E-state index contributed by atoms with van der Waals surface area (Å²) in [4.78, 5) is 0. The molecule has 118 valence electrons. The molecule has 0 amide bonds. The molecule has 1 aliphatic rings. The number of alkyl halides is 3.